The van der Waals surface area contributed by atoms with Crippen LogP contribution in [-0.4, -0.2) is 23.9 Å². The van der Waals surface area contributed by atoms with Gasteiger partial charge in [-0.05, 0) is 41.8 Å². The number of rotatable bonds is 7. The molecule has 0 saturated heterocycles. The molecule has 0 aliphatic heterocycles. The molecule has 2 aromatic carbocycles. The fourth-order valence-electron chi connectivity index (χ4n) is 3.54. The maximum atomic E-state index is 14.5. The zero-order valence-corrected chi connectivity index (χ0v) is 15.6. The lowest BCUT2D eigenvalue weighted by molar-refractivity contribution is -0.140. The zero-order valence-electron chi connectivity index (χ0n) is 15.6. The van der Waals surface area contributed by atoms with Crippen molar-refractivity contribution in [1.29, 1.82) is 0 Å². The van der Waals surface area contributed by atoms with Crippen LogP contribution in [0, 0.1) is 0 Å². The number of fused-ring (bicyclic) bond motifs is 1. The van der Waals surface area contributed by atoms with E-state index in [2.05, 4.69) is 0 Å². The Morgan fingerprint density at radius 2 is 1.90 bits per heavy atom. The average molecular weight is 412 g/mol. The van der Waals surface area contributed by atoms with E-state index in [9.17, 15) is 22.4 Å². The first-order valence-corrected chi connectivity index (χ1v) is 9.13. The second-order valence-electron chi connectivity index (χ2n) is 6.74. The van der Waals surface area contributed by atoms with E-state index in [0.29, 0.717) is 12.2 Å². The van der Waals surface area contributed by atoms with E-state index in [4.69, 9.17) is 14.6 Å². The Morgan fingerprint density at radius 3 is 2.48 bits per heavy atom. The molecule has 1 N–H and O–H groups in total. The molecule has 29 heavy (non-hydrogen) atoms. The molecule has 156 valence electrons. The Labute approximate surface area is 165 Å². The van der Waals surface area contributed by atoms with Crippen molar-refractivity contribution >= 4 is 5.97 Å². The van der Waals surface area contributed by atoms with E-state index < -0.39 is 36.1 Å². The minimum atomic E-state index is -4.56. The van der Waals surface area contributed by atoms with Crippen LogP contribution >= 0.6 is 0 Å². The molecule has 0 radical (unpaired) electrons. The lowest BCUT2D eigenvalue weighted by Crippen LogP contribution is -2.15. The van der Waals surface area contributed by atoms with Crippen LogP contribution in [-0.2, 0) is 22.1 Å². The van der Waals surface area contributed by atoms with Gasteiger partial charge in [0.05, 0.1) is 18.1 Å². The van der Waals surface area contributed by atoms with E-state index in [1.165, 1.54) is 24.3 Å². The summed E-state index contributed by atoms with van der Waals surface area (Å²) in [5.41, 5.74) is -0.113. The summed E-state index contributed by atoms with van der Waals surface area (Å²) >= 11 is 0. The quantitative estimate of drug-likeness (QED) is 0.630. The van der Waals surface area contributed by atoms with Crippen LogP contribution < -0.4 is 4.74 Å². The molecular weight excluding hydrogens is 392 g/mol. The predicted molar refractivity (Wildman–Crippen MR) is 96.5 cm³/mol. The molecule has 1 aliphatic carbocycles. The smallest absolute Gasteiger partial charge is 0.416 e. The van der Waals surface area contributed by atoms with Crippen LogP contribution in [0.4, 0.5) is 17.6 Å². The van der Waals surface area contributed by atoms with Gasteiger partial charge in [0.2, 0.25) is 0 Å². The van der Waals surface area contributed by atoms with Gasteiger partial charge in [0.25, 0.3) is 0 Å². The lowest BCUT2D eigenvalue weighted by atomic mass is 10.0. The molecule has 0 saturated carbocycles. The molecule has 0 amide bonds. The number of carboxylic acid groups (broad SMARTS) is 1. The normalized spacial score (nSPS) is 19.6. The van der Waals surface area contributed by atoms with Crippen molar-refractivity contribution in [3.8, 4) is 5.75 Å². The number of carbonyl (C=O) groups is 1. The van der Waals surface area contributed by atoms with Crippen molar-refractivity contribution in [3.05, 3.63) is 64.7 Å². The molecule has 0 unspecified atom stereocenters. The third kappa shape index (κ3) is 4.70. The minimum absolute atomic E-state index is 0.0769. The molecule has 4 nitrogen and oxygen atoms in total. The van der Waals surface area contributed by atoms with E-state index in [0.717, 1.165) is 6.07 Å². The largest absolute Gasteiger partial charge is 0.483 e. The molecule has 8 heteroatoms. The molecule has 1 aliphatic rings. The highest BCUT2D eigenvalue weighted by Crippen LogP contribution is 2.43. The zero-order chi connectivity index (χ0) is 21.2. The summed E-state index contributed by atoms with van der Waals surface area (Å²) in [6.07, 6.45) is -8.51. The van der Waals surface area contributed by atoms with Crippen molar-refractivity contribution in [2.45, 2.75) is 44.3 Å². The first-order chi connectivity index (χ1) is 13.7. The summed E-state index contributed by atoms with van der Waals surface area (Å²) in [5, 5.41) is 8.99. The van der Waals surface area contributed by atoms with Gasteiger partial charge in [0.1, 0.15) is 11.9 Å². The Kier molecular flexibility index (Phi) is 6.12. The summed E-state index contributed by atoms with van der Waals surface area (Å²) in [6, 6.07) is 9.91. The van der Waals surface area contributed by atoms with Crippen molar-refractivity contribution < 1.29 is 36.9 Å². The van der Waals surface area contributed by atoms with Gasteiger partial charge in [-0.25, -0.2) is 4.39 Å². The van der Waals surface area contributed by atoms with Gasteiger partial charge in [-0.3, -0.25) is 4.79 Å². The number of hydrogen-bond donors (Lipinski definition) is 1. The topological polar surface area (TPSA) is 55.8 Å². The van der Waals surface area contributed by atoms with E-state index in [1.807, 2.05) is 0 Å². The van der Waals surface area contributed by atoms with E-state index in [1.54, 1.807) is 19.1 Å². The van der Waals surface area contributed by atoms with Gasteiger partial charge in [0.15, 0.2) is 6.10 Å². The van der Waals surface area contributed by atoms with Crippen molar-refractivity contribution in [3.63, 3.8) is 0 Å². The van der Waals surface area contributed by atoms with Crippen molar-refractivity contribution in [2.24, 2.45) is 0 Å². The highest BCUT2D eigenvalue weighted by molar-refractivity contribution is 5.67. The average Bonchev–Trinajstić information content (AvgIpc) is 2.96. The van der Waals surface area contributed by atoms with Gasteiger partial charge in [0, 0.05) is 13.0 Å². The Morgan fingerprint density at radius 1 is 1.21 bits per heavy atom. The second kappa shape index (κ2) is 8.41. The minimum Gasteiger partial charge on any atom is -0.483 e. The number of benzene rings is 2. The molecule has 0 bridgehead atoms. The van der Waals surface area contributed by atoms with Crippen LogP contribution in [0.3, 0.4) is 0 Å². The third-order valence-electron chi connectivity index (χ3n) is 4.79. The number of hydrogen-bond acceptors (Lipinski definition) is 3. The van der Waals surface area contributed by atoms with E-state index >= 15 is 0 Å². The van der Waals surface area contributed by atoms with Crippen LogP contribution in [0.15, 0.2) is 42.5 Å². The fraction of sp³-hybridized carbons (Fsp3) is 0.381. The van der Waals surface area contributed by atoms with Crippen LogP contribution in [0.1, 0.15) is 47.8 Å². The maximum Gasteiger partial charge on any atom is 0.416 e. The lowest BCUT2D eigenvalue weighted by Gasteiger charge is -2.19. The van der Waals surface area contributed by atoms with Crippen molar-refractivity contribution in [2.75, 3.05) is 6.61 Å². The molecule has 2 aromatic rings. The van der Waals surface area contributed by atoms with Gasteiger partial charge in [-0.2, -0.15) is 13.2 Å². The summed E-state index contributed by atoms with van der Waals surface area (Å²) in [6.45, 7) is 2.08. The maximum absolute atomic E-state index is 14.5. The summed E-state index contributed by atoms with van der Waals surface area (Å²) in [4.78, 5) is 11.0. The van der Waals surface area contributed by atoms with Crippen LogP contribution in [0.2, 0.25) is 0 Å². The van der Waals surface area contributed by atoms with Gasteiger partial charge in [-0.15, -0.1) is 0 Å². The molecule has 0 fully saturated rings. The number of aliphatic carboxylic acids is 1. The Hall–Kier alpha value is -2.61. The highest BCUT2D eigenvalue weighted by Gasteiger charge is 2.42. The molecule has 0 aromatic heterocycles. The number of alkyl halides is 4. The highest BCUT2D eigenvalue weighted by atomic mass is 19.4. The van der Waals surface area contributed by atoms with Gasteiger partial charge >= 0.3 is 12.1 Å². The molecular formula is C21H20F4O4. The number of halogens is 4. The SMILES string of the molecule is CCO[C@@H](CC(=O)O)c1ccc(O[C@H]2c3cccc(C(F)(F)F)c3C[C@@H]2F)cc1. The Balaban J connectivity index is 1.80. The van der Waals surface area contributed by atoms with Crippen LogP contribution in [0.5, 0.6) is 5.75 Å². The number of carboxylic acids is 1. The van der Waals surface area contributed by atoms with Gasteiger partial charge in [-0.1, -0.05) is 24.3 Å². The van der Waals surface area contributed by atoms with Crippen molar-refractivity contribution in [1.82, 2.24) is 0 Å². The fourth-order valence-corrected chi connectivity index (χ4v) is 3.54. The molecule has 0 spiro atoms. The summed E-state index contributed by atoms with van der Waals surface area (Å²) < 4.78 is 65.1. The van der Waals surface area contributed by atoms with Crippen LogP contribution in [0.25, 0.3) is 0 Å². The standard InChI is InChI=1S/C21H20F4O4/c1-2-28-18(11-19(26)27)12-6-8-13(9-7-12)29-20-14-4-3-5-16(21(23,24)25)15(14)10-17(20)22/h3-9,17-18,20H,2,10-11H2,1H3,(H,26,27)/t17-,18-,20-/m0/s1. The number of ether oxygens (including phenoxy) is 2. The third-order valence-corrected chi connectivity index (χ3v) is 4.79. The second-order valence-corrected chi connectivity index (χ2v) is 6.74. The summed E-state index contributed by atoms with van der Waals surface area (Å²) in [7, 11) is 0. The molecule has 0 heterocycles. The first-order valence-electron chi connectivity index (χ1n) is 9.13. The molecule has 3 atom stereocenters. The summed E-state index contributed by atoms with van der Waals surface area (Å²) in [5.74, 6) is -0.732. The molecule has 3 rings (SSSR count). The van der Waals surface area contributed by atoms with E-state index in [-0.39, 0.29) is 29.7 Å². The first kappa shape index (κ1) is 21.1. The monoisotopic (exact) mass is 412 g/mol. The predicted octanol–water partition coefficient (Wildman–Crippen LogP) is 5.27. The van der Waals surface area contributed by atoms with Gasteiger partial charge < -0.3 is 14.6 Å². The Bertz CT molecular complexity index is 864.